The van der Waals surface area contributed by atoms with Crippen LogP contribution in [0.4, 0.5) is 11.8 Å². The summed E-state index contributed by atoms with van der Waals surface area (Å²) in [6.07, 6.45) is 6.50. The maximum atomic E-state index is 4.37. The zero-order valence-corrected chi connectivity index (χ0v) is 10.7. The summed E-state index contributed by atoms with van der Waals surface area (Å²) in [5, 5.41) is 6.39. The molecule has 0 spiro atoms. The summed E-state index contributed by atoms with van der Waals surface area (Å²) < 4.78 is 1.98. The largest absolute Gasteiger partial charge is 0.363 e. The zero-order chi connectivity index (χ0) is 12.8. The molecule has 0 radical (unpaired) electrons. The van der Waals surface area contributed by atoms with Gasteiger partial charge in [0.05, 0.1) is 6.54 Å². The molecule has 6 heteroatoms. The minimum absolute atomic E-state index is 0.647. The Morgan fingerprint density at radius 1 is 1.22 bits per heavy atom. The molecule has 0 amide bonds. The molecule has 2 aromatic heterocycles. The average molecular weight is 246 g/mol. The Labute approximate surface area is 106 Å². The van der Waals surface area contributed by atoms with Crippen molar-refractivity contribution in [3.63, 3.8) is 0 Å². The van der Waals surface area contributed by atoms with Gasteiger partial charge in [-0.15, -0.1) is 0 Å². The molecule has 2 heterocycles. The van der Waals surface area contributed by atoms with Gasteiger partial charge < -0.3 is 15.2 Å². The molecular weight excluding hydrogens is 228 g/mol. The van der Waals surface area contributed by atoms with Crippen LogP contribution < -0.4 is 10.6 Å². The number of anilines is 2. The highest BCUT2D eigenvalue weighted by atomic mass is 15.1. The molecule has 96 valence electrons. The molecule has 0 bridgehead atoms. The van der Waals surface area contributed by atoms with E-state index in [4.69, 9.17) is 0 Å². The molecule has 0 atom stereocenters. The minimum Gasteiger partial charge on any atom is -0.363 e. The third-order valence-electron chi connectivity index (χ3n) is 2.54. The van der Waals surface area contributed by atoms with Gasteiger partial charge >= 0.3 is 0 Å². The molecular formula is C12H18N6. The Kier molecular flexibility index (Phi) is 4.11. The molecule has 0 saturated carbocycles. The fraction of sp³-hybridized carbons (Fsp3) is 0.417. The SMILES string of the molecule is CCCNc1nccc(NCc2nccn2C)n1. The summed E-state index contributed by atoms with van der Waals surface area (Å²) in [6, 6.07) is 1.85. The number of hydrogen-bond donors (Lipinski definition) is 2. The number of nitrogens with one attached hydrogen (secondary N) is 2. The molecule has 0 aliphatic heterocycles. The van der Waals surface area contributed by atoms with Gasteiger partial charge in [0.15, 0.2) is 0 Å². The summed E-state index contributed by atoms with van der Waals surface area (Å²) in [4.78, 5) is 12.8. The van der Waals surface area contributed by atoms with Gasteiger partial charge in [0.2, 0.25) is 5.95 Å². The molecule has 0 unspecified atom stereocenters. The Balaban J connectivity index is 1.95. The van der Waals surface area contributed by atoms with E-state index in [2.05, 4.69) is 32.5 Å². The van der Waals surface area contributed by atoms with Gasteiger partial charge in [0.1, 0.15) is 11.6 Å². The highest BCUT2D eigenvalue weighted by Crippen LogP contribution is 2.07. The van der Waals surface area contributed by atoms with Crippen LogP contribution >= 0.6 is 0 Å². The average Bonchev–Trinajstić information content (AvgIpc) is 2.80. The molecule has 6 nitrogen and oxygen atoms in total. The maximum absolute atomic E-state index is 4.37. The highest BCUT2D eigenvalue weighted by molar-refractivity contribution is 5.39. The van der Waals surface area contributed by atoms with Crippen LogP contribution in [0.15, 0.2) is 24.7 Å². The molecule has 0 saturated heterocycles. The van der Waals surface area contributed by atoms with Gasteiger partial charge in [0.25, 0.3) is 0 Å². The van der Waals surface area contributed by atoms with E-state index in [0.717, 1.165) is 24.6 Å². The Morgan fingerprint density at radius 2 is 2.11 bits per heavy atom. The first-order chi connectivity index (χ1) is 8.79. The molecule has 0 aliphatic carbocycles. The maximum Gasteiger partial charge on any atom is 0.224 e. The lowest BCUT2D eigenvalue weighted by Gasteiger charge is -2.07. The molecule has 0 aliphatic rings. The molecule has 2 aromatic rings. The summed E-state index contributed by atoms with van der Waals surface area (Å²) >= 11 is 0. The van der Waals surface area contributed by atoms with Crippen molar-refractivity contribution in [2.24, 2.45) is 7.05 Å². The number of hydrogen-bond acceptors (Lipinski definition) is 5. The van der Waals surface area contributed by atoms with Gasteiger partial charge in [-0.25, -0.2) is 9.97 Å². The number of rotatable bonds is 6. The van der Waals surface area contributed by atoms with Crippen molar-refractivity contribution in [2.45, 2.75) is 19.9 Å². The van der Waals surface area contributed by atoms with E-state index in [9.17, 15) is 0 Å². The molecule has 2 N–H and O–H groups in total. The van der Waals surface area contributed by atoms with Gasteiger partial charge in [-0.05, 0) is 12.5 Å². The number of imidazole rings is 1. The first-order valence-electron chi connectivity index (χ1n) is 6.06. The summed E-state index contributed by atoms with van der Waals surface area (Å²) in [6.45, 7) is 3.63. The third kappa shape index (κ3) is 3.19. The summed E-state index contributed by atoms with van der Waals surface area (Å²) in [7, 11) is 1.97. The van der Waals surface area contributed by atoms with E-state index in [1.165, 1.54) is 0 Å². The predicted octanol–water partition coefficient (Wildman–Crippen LogP) is 1.64. The van der Waals surface area contributed by atoms with Crippen LogP contribution in [0.5, 0.6) is 0 Å². The van der Waals surface area contributed by atoms with Gasteiger partial charge in [-0.3, -0.25) is 0 Å². The Morgan fingerprint density at radius 3 is 2.83 bits per heavy atom. The van der Waals surface area contributed by atoms with Crippen molar-refractivity contribution in [1.82, 2.24) is 19.5 Å². The number of nitrogens with zero attached hydrogens (tertiary/aromatic N) is 4. The quantitative estimate of drug-likeness (QED) is 0.811. The van der Waals surface area contributed by atoms with E-state index in [1.807, 2.05) is 23.9 Å². The topological polar surface area (TPSA) is 67.7 Å². The Hall–Kier alpha value is -2.11. The molecule has 0 aromatic carbocycles. The molecule has 0 fully saturated rings. The highest BCUT2D eigenvalue weighted by Gasteiger charge is 2.01. The smallest absolute Gasteiger partial charge is 0.224 e. The normalized spacial score (nSPS) is 10.3. The van der Waals surface area contributed by atoms with Crippen molar-refractivity contribution in [3.8, 4) is 0 Å². The number of aryl methyl sites for hydroxylation is 1. The van der Waals surface area contributed by atoms with E-state index in [-0.39, 0.29) is 0 Å². The van der Waals surface area contributed by atoms with Crippen LogP contribution in [0.2, 0.25) is 0 Å². The lowest BCUT2D eigenvalue weighted by atomic mass is 10.5. The fourth-order valence-corrected chi connectivity index (χ4v) is 1.52. The van der Waals surface area contributed by atoms with Crippen molar-refractivity contribution in [3.05, 3.63) is 30.5 Å². The van der Waals surface area contributed by atoms with Crippen LogP contribution in [-0.4, -0.2) is 26.1 Å². The van der Waals surface area contributed by atoms with Gasteiger partial charge in [-0.2, -0.15) is 4.98 Å². The molecule has 2 rings (SSSR count). The van der Waals surface area contributed by atoms with E-state index in [1.54, 1.807) is 12.4 Å². The van der Waals surface area contributed by atoms with Gasteiger partial charge in [-0.1, -0.05) is 6.92 Å². The van der Waals surface area contributed by atoms with Crippen molar-refractivity contribution in [2.75, 3.05) is 17.2 Å². The first-order valence-corrected chi connectivity index (χ1v) is 6.06. The lowest BCUT2D eigenvalue weighted by Crippen LogP contribution is -2.09. The first kappa shape index (κ1) is 12.3. The van der Waals surface area contributed by atoms with Crippen molar-refractivity contribution >= 4 is 11.8 Å². The van der Waals surface area contributed by atoms with Gasteiger partial charge in [0, 0.05) is 32.2 Å². The van der Waals surface area contributed by atoms with Crippen LogP contribution in [-0.2, 0) is 13.6 Å². The van der Waals surface area contributed by atoms with Crippen molar-refractivity contribution in [1.29, 1.82) is 0 Å². The summed E-state index contributed by atoms with van der Waals surface area (Å²) in [5.74, 6) is 2.42. The second kappa shape index (κ2) is 6.00. The standard InChI is InChI=1S/C12H18N6/c1-3-5-14-12-15-6-4-10(17-12)16-9-11-13-7-8-18(11)2/h4,6-8H,3,5,9H2,1-2H3,(H2,14,15,16,17). The lowest BCUT2D eigenvalue weighted by molar-refractivity contribution is 0.810. The van der Waals surface area contributed by atoms with Crippen molar-refractivity contribution < 1.29 is 0 Å². The van der Waals surface area contributed by atoms with E-state index in [0.29, 0.717) is 12.5 Å². The number of aromatic nitrogens is 4. The minimum atomic E-state index is 0.647. The third-order valence-corrected chi connectivity index (χ3v) is 2.54. The zero-order valence-electron chi connectivity index (χ0n) is 10.7. The second-order valence-corrected chi connectivity index (χ2v) is 4.00. The Bertz CT molecular complexity index is 493. The van der Waals surface area contributed by atoms with E-state index >= 15 is 0 Å². The fourth-order valence-electron chi connectivity index (χ4n) is 1.52. The van der Waals surface area contributed by atoms with Crippen LogP contribution in [0, 0.1) is 0 Å². The molecule has 18 heavy (non-hydrogen) atoms. The van der Waals surface area contributed by atoms with Crippen LogP contribution in [0.25, 0.3) is 0 Å². The predicted molar refractivity (Wildman–Crippen MR) is 71.3 cm³/mol. The van der Waals surface area contributed by atoms with Crippen LogP contribution in [0.1, 0.15) is 19.2 Å². The monoisotopic (exact) mass is 246 g/mol. The van der Waals surface area contributed by atoms with Crippen LogP contribution in [0.3, 0.4) is 0 Å². The van der Waals surface area contributed by atoms with E-state index < -0.39 is 0 Å². The summed E-state index contributed by atoms with van der Waals surface area (Å²) in [5.41, 5.74) is 0. The second-order valence-electron chi connectivity index (χ2n) is 4.00.